The van der Waals surface area contributed by atoms with Crippen LogP contribution in [0, 0.1) is 12.7 Å². The normalized spacial score (nSPS) is 12.5. The molecule has 0 aromatic heterocycles. The molecular weight excluding hydrogens is 239 g/mol. The molecule has 17 heavy (non-hydrogen) atoms. The minimum absolute atomic E-state index is 0.284. The van der Waals surface area contributed by atoms with Crippen molar-refractivity contribution in [3.05, 3.63) is 70.0 Å². The van der Waals surface area contributed by atoms with Crippen LogP contribution < -0.4 is 0 Å². The van der Waals surface area contributed by atoms with Crippen LogP contribution in [-0.4, -0.2) is 5.11 Å². The maximum absolute atomic E-state index is 13.2. The zero-order chi connectivity index (χ0) is 12.4. The van der Waals surface area contributed by atoms with Crippen molar-refractivity contribution in [2.75, 3.05) is 0 Å². The number of halogens is 2. The third-order valence-electron chi connectivity index (χ3n) is 2.56. The Kier molecular flexibility index (Phi) is 3.46. The SMILES string of the molecule is Cc1cccc([C@@H](O)c2cc(F)cc(Cl)c2)c1. The summed E-state index contributed by atoms with van der Waals surface area (Å²) in [7, 11) is 0. The van der Waals surface area contributed by atoms with Crippen LogP contribution in [0.5, 0.6) is 0 Å². The highest BCUT2D eigenvalue weighted by atomic mass is 35.5. The second-order valence-electron chi connectivity index (χ2n) is 4.02. The number of hydrogen-bond donors (Lipinski definition) is 1. The van der Waals surface area contributed by atoms with Gasteiger partial charge in [-0.25, -0.2) is 4.39 Å². The fourth-order valence-corrected chi connectivity index (χ4v) is 2.00. The van der Waals surface area contributed by atoms with Crippen molar-refractivity contribution < 1.29 is 9.50 Å². The first-order chi connectivity index (χ1) is 8.06. The van der Waals surface area contributed by atoms with Gasteiger partial charge in [0.1, 0.15) is 11.9 Å². The molecule has 0 saturated heterocycles. The Hall–Kier alpha value is -1.38. The molecule has 3 heteroatoms. The molecule has 2 rings (SSSR count). The summed E-state index contributed by atoms with van der Waals surface area (Å²) in [6, 6.07) is 11.5. The highest BCUT2D eigenvalue weighted by Gasteiger charge is 2.12. The first-order valence-electron chi connectivity index (χ1n) is 5.27. The standard InChI is InChI=1S/C14H12ClFO/c1-9-3-2-4-10(5-9)14(17)11-6-12(15)8-13(16)7-11/h2-8,14,17H,1H3/t14-/m1/s1. The van der Waals surface area contributed by atoms with Gasteiger partial charge in [-0.05, 0) is 36.2 Å². The van der Waals surface area contributed by atoms with E-state index in [1.54, 1.807) is 12.1 Å². The van der Waals surface area contributed by atoms with Gasteiger partial charge in [-0.1, -0.05) is 41.4 Å². The van der Waals surface area contributed by atoms with Gasteiger partial charge in [0.05, 0.1) is 0 Å². The van der Waals surface area contributed by atoms with Crippen molar-refractivity contribution >= 4 is 11.6 Å². The maximum atomic E-state index is 13.2. The van der Waals surface area contributed by atoms with Crippen LogP contribution in [0.4, 0.5) is 4.39 Å². The molecule has 0 spiro atoms. The minimum atomic E-state index is -0.858. The molecule has 0 fully saturated rings. The van der Waals surface area contributed by atoms with E-state index in [9.17, 15) is 9.50 Å². The van der Waals surface area contributed by atoms with Crippen LogP contribution in [0.3, 0.4) is 0 Å². The van der Waals surface area contributed by atoms with Gasteiger partial charge < -0.3 is 5.11 Å². The van der Waals surface area contributed by atoms with Gasteiger partial charge >= 0.3 is 0 Å². The van der Waals surface area contributed by atoms with E-state index in [0.29, 0.717) is 5.56 Å². The van der Waals surface area contributed by atoms with E-state index in [1.165, 1.54) is 12.1 Å². The van der Waals surface area contributed by atoms with Crippen LogP contribution in [-0.2, 0) is 0 Å². The van der Waals surface area contributed by atoms with Gasteiger partial charge in [0.25, 0.3) is 0 Å². The Morgan fingerprint density at radius 3 is 2.53 bits per heavy atom. The van der Waals surface area contributed by atoms with Crippen molar-refractivity contribution in [3.63, 3.8) is 0 Å². The highest BCUT2D eigenvalue weighted by molar-refractivity contribution is 6.30. The van der Waals surface area contributed by atoms with E-state index in [1.807, 2.05) is 25.1 Å². The van der Waals surface area contributed by atoms with Crippen LogP contribution in [0.1, 0.15) is 22.8 Å². The van der Waals surface area contributed by atoms with Gasteiger partial charge in [-0.2, -0.15) is 0 Å². The summed E-state index contributed by atoms with van der Waals surface area (Å²) in [5.74, 6) is -0.445. The molecule has 2 aromatic rings. The van der Waals surface area contributed by atoms with Crippen molar-refractivity contribution in [1.29, 1.82) is 0 Å². The number of benzene rings is 2. The molecule has 0 radical (unpaired) electrons. The molecule has 88 valence electrons. The molecule has 0 bridgehead atoms. The van der Waals surface area contributed by atoms with Gasteiger partial charge in [-0.3, -0.25) is 0 Å². The Morgan fingerprint density at radius 2 is 1.88 bits per heavy atom. The second-order valence-corrected chi connectivity index (χ2v) is 4.46. The quantitative estimate of drug-likeness (QED) is 0.858. The summed E-state index contributed by atoms with van der Waals surface area (Å²) in [6.07, 6.45) is -0.858. The zero-order valence-electron chi connectivity index (χ0n) is 9.32. The Morgan fingerprint density at radius 1 is 1.12 bits per heavy atom. The first-order valence-corrected chi connectivity index (χ1v) is 5.64. The van der Waals surface area contributed by atoms with E-state index in [4.69, 9.17) is 11.6 Å². The van der Waals surface area contributed by atoms with Crippen LogP contribution in [0.15, 0.2) is 42.5 Å². The average Bonchev–Trinajstić information content (AvgIpc) is 2.26. The minimum Gasteiger partial charge on any atom is -0.384 e. The molecule has 0 unspecified atom stereocenters. The van der Waals surface area contributed by atoms with Gasteiger partial charge in [0.2, 0.25) is 0 Å². The second kappa shape index (κ2) is 4.86. The van der Waals surface area contributed by atoms with Crippen molar-refractivity contribution in [2.45, 2.75) is 13.0 Å². The number of aryl methyl sites for hydroxylation is 1. The molecule has 0 aliphatic carbocycles. The van der Waals surface area contributed by atoms with Crippen molar-refractivity contribution in [1.82, 2.24) is 0 Å². The molecule has 0 aliphatic rings. The van der Waals surface area contributed by atoms with E-state index >= 15 is 0 Å². The van der Waals surface area contributed by atoms with Gasteiger partial charge in [0.15, 0.2) is 0 Å². The Labute approximate surface area is 104 Å². The molecule has 1 atom stereocenters. The zero-order valence-corrected chi connectivity index (χ0v) is 10.1. The lowest BCUT2D eigenvalue weighted by atomic mass is 10.00. The van der Waals surface area contributed by atoms with Crippen molar-refractivity contribution in [2.24, 2.45) is 0 Å². The molecule has 2 aromatic carbocycles. The molecular formula is C14H12ClFO. The maximum Gasteiger partial charge on any atom is 0.125 e. The fourth-order valence-electron chi connectivity index (χ4n) is 1.77. The van der Waals surface area contributed by atoms with Crippen LogP contribution in [0.2, 0.25) is 5.02 Å². The monoisotopic (exact) mass is 250 g/mol. The van der Waals surface area contributed by atoms with Gasteiger partial charge in [-0.15, -0.1) is 0 Å². The van der Waals surface area contributed by atoms with Gasteiger partial charge in [0, 0.05) is 5.02 Å². The lowest BCUT2D eigenvalue weighted by Crippen LogP contribution is -2.00. The third-order valence-corrected chi connectivity index (χ3v) is 2.78. The highest BCUT2D eigenvalue weighted by Crippen LogP contribution is 2.25. The number of rotatable bonds is 2. The third kappa shape index (κ3) is 2.84. The summed E-state index contributed by atoms with van der Waals surface area (Å²) >= 11 is 5.76. The molecule has 1 N–H and O–H groups in total. The lowest BCUT2D eigenvalue weighted by molar-refractivity contribution is 0.219. The molecule has 1 nitrogen and oxygen atoms in total. The van der Waals surface area contributed by atoms with E-state index in [0.717, 1.165) is 11.1 Å². The number of aliphatic hydroxyl groups is 1. The van der Waals surface area contributed by atoms with Crippen molar-refractivity contribution in [3.8, 4) is 0 Å². The summed E-state index contributed by atoms with van der Waals surface area (Å²) in [4.78, 5) is 0. The van der Waals surface area contributed by atoms with E-state index in [2.05, 4.69) is 0 Å². The summed E-state index contributed by atoms with van der Waals surface area (Å²) in [6.45, 7) is 1.94. The molecule has 0 amide bonds. The summed E-state index contributed by atoms with van der Waals surface area (Å²) in [5, 5.41) is 10.4. The molecule has 0 aliphatic heterocycles. The average molecular weight is 251 g/mol. The Bertz CT molecular complexity index is 519. The van der Waals surface area contributed by atoms with Crippen LogP contribution in [0.25, 0.3) is 0 Å². The topological polar surface area (TPSA) is 20.2 Å². The first kappa shape index (κ1) is 12.1. The summed E-state index contributed by atoms with van der Waals surface area (Å²) in [5.41, 5.74) is 2.23. The van der Waals surface area contributed by atoms with E-state index in [-0.39, 0.29) is 5.02 Å². The predicted octanol–water partition coefficient (Wildman–Crippen LogP) is 3.87. The smallest absolute Gasteiger partial charge is 0.125 e. The predicted molar refractivity (Wildman–Crippen MR) is 66.7 cm³/mol. The van der Waals surface area contributed by atoms with Crippen LogP contribution >= 0.6 is 11.6 Å². The number of aliphatic hydroxyl groups excluding tert-OH is 1. The molecule has 0 saturated carbocycles. The lowest BCUT2D eigenvalue weighted by Gasteiger charge is -2.12. The number of hydrogen-bond acceptors (Lipinski definition) is 1. The summed E-state index contributed by atoms with van der Waals surface area (Å²) < 4.78 is 13.2. The van der Waals surface area contributed by atoms with E-state index < -0.39 is 11.9 Å². The molecule has 0 heterocycles. The largest absolute Gasteiger partial charge is 0.384 e. The fraction of sp³-hybridized carbons (Fsp3) is 0.143. The Balaban J connectivity index is 2.39.